The van der Waals surface area contributed by atoms with Crippen LogP contribution in [0.15, 0.2) is 65.8 Å². The van der Waals surface area contributed by atoms with Gasteiger partial charge in [0.25, 0.3) is 11.8 Å². The topological polar surface area (TPSA) is 109 Å². The number of hydrogen-bond donors (Lipinski definition) is 3. The van der Waals surface area contributed by atoms with E-state index in [4.69, 9.17) is 9.47 Å². The van der Waals surface area contributed by atoms with E-state index < -0.39 is 5.91 Å². The lowest BCUT2D eigenvalue weighted by Crippen LogP contribution is -2.20. The number of carbonyl (C=O) groups is 2. The molecule has 0 aromatic heterocycles. The van der Waals surface area contributed by atoms with Crippen LogP contribution in [-0.2, 0) is 4.79 Å². The molecule has 0 saturated carbocycles. The Morgan fingerprint density at radius 1 is 1.00 bits per heavy atom. The number of para-hydroxylation sites is 1. The number of methoxy groups -OCH3 is 1. The highest BCUT2D eigenvalue weighted by atomic mass is 16.5. The SMILES string of the molecule is COc1cc(/C=N/NC(=O)c2ccccc2O)ccc1OCC(=O)Nc1ccc(C)c(C)c1. The van der Waals surface area contributed by atoms with Gasteiger partial charge in [-0.3, -0.25) is 9.59 Å². The molecule has 0 atom stereocenters. The molecule has 33 heavy (non-hydrogen) atoms. The van der Waals surface area contributed by atoms with Crippen molar-refractivity contribution in [1.29, 1.82) is 0 Å². The van der Waals surface area contributed by atoms with Crippen LogP contribution < -0.4 is 20.2 Å². The van der Waals surface area contributed by atoms with Crippen molar-refractivity contribution in [3.05, 3.63) is 82.9 Å². The second kappa shape index (κ2) is 10.8. The van der Waals surface area contributed by atoms with Crippen molar-refractivity contribution in [2.24, 2.45) is 5.10 Å². The Balaban J connectivity index is 1.58. The number of benzene rings is 3. The summed E-state index contributed by atoms with van der Waals surface area (Å²) in [6.07, 6.45) is 1.43. The van der Waals surface area contributed by atoms with Gasteiger partial charge in [0.1, 0.15) is 5.75 Å². The number of amides is 2. The summed E-state index contributed by atoms with van der Waals surface area (Å²) in [4.78, 5) is 24.3. The van der Waals surface area contributed by atoms with Crippen molar-refractivity contribution in [1.82, 2.24) is 5.43 Å². The van der Waals surface area contributed by atoms with E-state index in [-0.39, 0.29) is 23.8 Å². The lowest BCUT2D eigenvalue weighted by Gasteiger charge is -2.12. The highest BCUT2D eigenvalue weighted by Crippen LogP contribution is 2.27. The summed E-state index contributed by atoms with van der Waals surface area (Å²) in [6, 6.07) is 16.9. The quantitative estimate of drug-likeness (QED) is 0.359. The highest BCUT2D eigenvalue weighted by molar-refractivity contribution is 5.97. The zero-order valence-electron chi connectivity index (χ0n) is 18.6. The summed E-state index contributed by atoms with van der Waals surface area (Å²) in [5, 5.41) is 16.4. The van der Waals surface area contributed by atoms with Gasteiger partial charge in [0, 0.05) is 5.69 Å². The molecule has 0 aliphatic heterocycles. The number of phenols is 1. The van der Waals surface area contributed by atoms with E-state index in [1.54, 1.807) is 30.3 Å². The molecule has 0 heterocycles. The van der Waals surface area contributed by atoms with Crippen molar-refractivity contribution in [2.75, 3.05) is 19.0 Å². The fraction of sp³-hybridized carbons (Fsp3) is 0.160. The molecular weight excluding hydrogens is 422 g/mol. The lowest BCUT2D eigenvalue weighted by atomic mass is 10.1. The number of aryl methyl sites for hydroxylation is 2. The summed E-state index contributed by atoms with van der Waals surface area (Å²) in [6.45, 7) is 3.80. The maximum Gasteiger partial charge on any atom is 0.275 e. The number of anilines is 1. The lowest BCUT2D eigenvalue weighted by molar-refractivity contribution is -0.118. The Bertz CT molecular complexity index is 1190. The fourth-order valence-corrected chi connectivity index (χ4v) is 2.93. The molecule has 0 aliphatic rings. The van der Waals surface area contributed by atoms with Crippen LogP contribution >= 0.6 is 0 Å². The first-order valence-corrected chi connectivity index (χ1v) is 10.2. The van der Waals surface area contributed by atoms with Crippen LogP contribution in [0.25, 0.3) is 0 Å². The molecule has 0 spiro atoms. The molecule has 2 amide bonds. The van der Waals surface area contributed by atoms with E-state index in [0.29, 0.717) is 22.7 Å². The van der Waals surface area contributed by atoms with Gasteiger partial charge in [0.05, 0.1) is 18.9 Å². The van der Waals surface area contributed by atoms with E-state index in [1.807, 2.05) is 32.0 Å². The molecule has 3 rings (SSSR count). The molecule has 3 N–H and O–H groups in total. The molecule has 3 aromatic carbocycles. The van der Waals surface area contributed by atoms with Gasteiger partial charge in [-0.05, 0) is 73.0 Å². The summed E-state index contributed by atoms with van der Waals surface area (Å²) in [5.74, 6) is -0.160. The minimum Gasteiger partial charge on any atom is -0.507 e. The normalized spacial score (nSPS) is 10.6. The molecule has 8 nitrogen and oxygen atoms in total. The number of phenolic OH excluding ortho intramolecular Hbond substituents is 1. The van der Waals surface area contributed by atoms with Crippen LogP contribution in [0.2, 0.25) is 0 Å². The first kappa shape index (κ1) is 23.3. The van der Waals surface area contributed by atoms with Crippen molar-refractivity contribution in [2.45, 2.75) is 13.8 Å². The number of ether oxygens (including phenoxy) is 2. The standard InChI is InChI=1S/C25H25N3O5/c1-16-8-10-19(12-17(16)2)27-24(30)15-33-22-11-9-18(13-23(22)32-3)14-26-28-25(31)20-6-4-5-7-21(20)29/h4-14,29H,15H2,1-3H3,(H,27,30)(H,28,31)/b26-14+. The van der Waals surface area contributed by atoms with Crippen molar-refractivity contribution < 1.29 is 24.2 Å². The molecule has 170 valence electrons. The minimum atomic E-state index is -0.536. The third-order valence-corrected chi connectivity index (χ3v) is 4.87. The largest absolute Gasteiger partial charge is 0.507 e. The van der Waals surface area contributed by atoms with Gasteiger partial charge in [-0.2, -0.15) is 5.10 Å². The summed E-state index contributed by atoms with van der Waals surface area (Å²) < 4.78 is 10.9. The van der Waals surface area contributed by atoms with Gasteiger partial charge >= 0.3 is 0 Å². The van der Waals surface area contributed by atoms with Gasteiger partial charge in [0.15, 0.2) is 18.1 Å². The Morgan fingerprint density at radius 3 is 2.52 bits per heavy atom. The van der Waals surface area contributed by atoms with Gasteiger partial charge in [0.2, 0.25) is 0 Å². The van der Waals surface area contributed by atoms with Crippen LogP contribution in [0.4, 0.5) is 5.69 Å². The molecular formula is C25H25N3O5. The Hall–Kier alpha value is -4.33. The third-order valence-electron chi connectivity index (χ3n) is 4.87. The van der Waals surface area contributed by atoms with Gasteiger partial charge < -0.3 is 19.9 Å². The number of rotatable bonds is 8. The maximum atomic E-state index is 12.2. The number of hydrazone groups is 1. The zero-order valence-corrected chi connectivity index (χ0v) is 18.6. The van der Waals surface area contributed by atoms with Crippen LogP contribution in [0, 0.1) is 13.8 Å². The van der Waals surface area contributed by atoms with Crippen molar-refractivity contribution in [3.8, 4) is 17.2 Å². The van der Waals surface area contributed by atoms with Crippen LogP contribution in [0.1, 0.15) is 27.0 Å². The first-order chi connectivity index (χ1) is 15.9. The monoisotopic (exact) mass is 447 g/mol. The van der Waals surface area contributed by atoms with Gasteiger partial charge in [-0.1, -0.05) is 18.2 Å². The molecule has 0 unspecified atom stereocenters. The Labute approximate surface area is 191 Å². The number of carbonyl (C=O) groups excluding carboxylic acids is 2. The second-order valence-electron chi connectivity index (χ2n) is 7.26. The third kappa shape index (κ3) is 6.33. The van der Waals surface area contributed by atoms with Crippen LogP contribution in [-0.4, -0.2) is 36.9 Å². The maximum absolute atomic E-state index is 12.2. The predicted molar refractivity (Wildman–Crippen MR) is 126 cm³/mol. The van der Waals surface area contributed by atoms with Crippen LogP contribution in [0.5, 0.6) is 17.2 Å². The Morgan fingerprint density at radius 2 is 1.79 bits per heavy atom. The number of nitrogens with one attached hydrogen (secondary N) is 2. The van der Waals surface area contributed by atoms with E-state index in [2.05, 4.69) is 15.8 Å². The molecule has 8 heteroatoms. The zero-order chi connectivity index (χ0) is 23.8. The molecule has 0 bridgehead atoms. The van der Waals surface area contributed by atoms with E-state index in [0.717, 1.165) is 11.1 Å². The minimum absolute atomic E-state index is 0.120. The van der Waals surface area contributed by atoms with Gasteiger partial charge in [-0.15, -0.1) is 0 Å². The highest BCUT2D eigenvalue weighted by Gasteiger charge is 2.10. The van der Waals surface area contributed by atoms with Crippen molar-refractivity contribution >= 4 is 23.7 Å². The predicted octanol–water partition coefficient (Wildman–Crippen LogP) is 3.80. The number of aromatic hydroxyl groups is 1. The van der Waals surface area contributed by atoms with Crippen molar-refractivity contribution in [3.63, 3.8) is 0 Å². The molecule has 0 fully saturated rings. The summed E-state index contributed by atoms with van der Waals surface area (Å²) >= 11 is 0. The van der Waals surface area contributed by atoms with Gasteiger partial charge in [-0.25, -0.2) is 5.43 Å². The first-order valence-electron chi connectivity index (χ1n) is 10.2. The number of nitrogens with zero attached hydrogens (tertiary/aromatic N) is 1. The summed E-state index contributed by atoms with van der Waals surface area (Å²) in [5.41, 5.74) is 6.05. The average molecular weight is 447 g/mol. The van der Waals surface area contributed by atoms with E-state index in [9.17, 15) is 14.7 Å². The Kier molecular flexibility index (Phi) is 7.64. The smallest absolute Gasteiger partial charge is 0.275 e. The van der Waals surface area contributed by atoms with Crippen LogP contribution in [0.3, 0.4) is 0 Å². The molecule has 3 aromatic rings. The van der Waals surface area contributed by atoms with E-state index in [1.165, 1.54) is 25.5 Å². The van der Waals surface area contributed by atoms with E-state index >= 15 is 0 Å². The summed E-state index contributed by atoms with van der Waals surface area (Å²) in [7, 11) is 1.48. The second-order valence-corrected chi connectivity index (χ2v) is 7.26. The molecule has 0 aliphatic carbocycles. The number of hydrogen-bond acceptors (Lipinski definition) is 6. The molecule has 0 saturated heterocycles. The molecule has 0 radical (unpaired) electrons. The fourth-order valence-electron chi connectivity index (χ4n) is 2.93. The average Bonchev–Trinajstić information content (AvgIpc) is 2.80.